The van der Waals surface area contributed by atoms with Gasteiger partial charge in [0.15, 0.2) is 0 Å². The summed E-state index contributed by atoms with van der Waals surface area (Å²) >= 11 is 0. The van der Waals surface area contributed by atoms with E-state index >= 15 is 0 Å². The van der Waals surface area contributed by atoms with Gasteiger partial charge in [0, 0.05) is 12.5 Å². The van der Waals surface area contributed by atoms with Crippen LogP contribution in [0.25, 0.3) is 0 Å². The van der Waals surface area contributed by atoms with E-state index < -0.39 is 12.2 Å². The molecule has 96 valence electrons. The lowest BCUT2D eigenvalue weighted by molar-refractivity contribution is 0.0563. The van der Waals surface area contributed by atoms with Crippen molar-refractivity contribution in [2.45, 2.75) is 76.5 Å². The quantitative estimate of drug-likeness (QED) is 0.650. The molecule has 3 atom stereocenters. The molecule has 1 rings (SSSR count). The number of hydrogen-bond acceptors (Lipinski definition) is 3. The summed E-state index contributed by atoms with van der Waals surface area (Å²) in [5.74, 6) is 0.692. The van der Waals surface area contributed by atoms with Crippen molar-refractivity contribution in [3.63, 3.8) is 0 Å². The number of rotatable bonds is 6. The standard InChI is InChI=1S/C13H27NO2/c1-2-11(15)9-13(16)12(14)8-10-6-4-3-5-7-10/h10-13,15-16H,2-9,14H2,1H3/t11-,12+,13+/m1/s1. The van der Waals surface area contributed by atoms with Crippen molar-refractivity contribution < 1.29 is 10.2 Å². The Balaban J connectivity index is 2.24. The van der Waals surface area contributed by atoms with Crippen LogP contribution in [0, 0.1) is 5.92 Å². The molecule has 4 N–H and O–H groups in total. The Labute approximate surface area is 99.0 Å². The molecule has 1 aliphatic rings. The zero-order chi connectivity index (χ0) is 12.0. The SMILES string of the molecule is CC[C@@H](O)C[C@H](O)[C@@H](N)CC1CCCCC1. The second-order valence-electron chi connectivity index (χ2n) is 5.27. The van der Waals surface area contributed by atoms with E-state index in [0.29, 0.717) is 18.8 Å². The maximum Gasteiger partial charge on any atom is 0.0715 e. The summed E-state index contributed by atoms with van der Waals surface area (Å²) < 4.78 is 0. The molecule has 1 fully saturated rings. The molecule has 16 heavy (non-hydrogen) atoms. The Morgan fingerprint density at radius 1 is 1.19 bits per heavy atom. The highest BCUT2D eigenvalue weighted by molar-refractivity contribution is 4.79. The number of aliphatic hydroxyl groups excluding tert-OH is 2. The fraction of sp³-hybridized carbons (Fsp3) is 1.00. The van der Waals surface area contributed by atoms with Crippen LogP contribution in [0.2, 0.25) is 0 Å². The second kappa shape index (κ2) is 7.25. The molecule has 3 nitrogen and oxygen atoms in total. The molecule has 0 aliphatic heterocycles. The first-order chi connectivity index (χ1) is 7.63. The number of hydrogen-bond donors (Lipinski definition) is 3. The van der Waals surface area contributed by atoms with Crippen LogP contribution in [-0.4, -0.2) is 28.5 Å². The van der Waals surface area contributed by atoms with Crippen LogP contribution in [0.1, 0.15) is 58.3 Å². The van der Waals surface area contributed by atoms with E-state index in [9.17, 15) is 10.2 Å². The van der Waals surface area contributed by atoms with Crippen LogP contribution in [0.5, 0.6) is 0 Å². The van der Waals surface area contributed by atoms with Crippen LogP contribution >= 0.6 is 0 Å². The summed E-state index contributed by atoms with van der Waals surface area (Å²) in [5, 5.41) is 19.3. The van der Waals surface area contributed by atoms with Gasteiger partial charge in [-0.1, -0.05) is 39.0 Å². The molecule has 0 saturated heterocycles. The Bertz CT molecular complexity index is 181. The van der Waals surface area contributed by atoms with Crippen LogP contribution in [0.15, 0.2) is 0 Å². The van der Waals surface area contributed by atoms with Gasteiger partial charge in [-0.25, -0.2) is 0 Å². The van der Waals surface area contributed by atoms with Gasteiger partial charge in [0.1, 0.15) is 0 Å². The third kappa shape index (κ3) is 4.81. The molecule has 0 bridgehead atoms. The molecular formula is C13H27NO2. The van der Waals surface area contributed by atoms with Crippen molar-refractivity contribution in [1.29, 1.82) is 0 Å². The molecule has 1 saturated carbocycles. The predicted molar refractivity (Wildman–Crippen MR) is 66.1 cm³/mol. The van der Waals surface area contributed by atoms with Crippen molar-refractivity contribution in [3.05, 3.63) is 0 Å². The van der Waals surface area contributed by atoms with Crippen molar-refractivity contribution in [2.75, 3.05) is 0 Å². The summed E-state index contributed by atoms with van der Waals surface area (Å²) in [6, 6.07) is -0.163. The lowest BCUT2D eigenvalue weighted by Gasteiger charge is -2.27. The van der Waals surface area contributed by atoms with Gasteiger partial charge in [-0.2, -0.15) is 0 Å². The molecule has 0 amide bonds. The largest absolute Gasteiger partial charge is 0.393 e. The van der Waals surface area contributed by atoms with Gasteiger partial charge in [-0.3, -0.25) is 0 Å². The normalized spacial score (nSPS) is 24.0. The highest BCUT2D eigenvalue weighted by atomic mass is 16.3. The predicted octanol–water partition coefficient (Wildman–Crippen LogP) is 1.81. The molecule has 3 heteroatoms. The van der Waals surface area contributed by atoms with Crippen LogP contribution in [-0.2, 0) is 0 Å². The summed E-state index contributed by atoms with van der Waals surface area (Å²) in [6.45, 7) is 1.92. The van der Waals surface area contributed by atoms with Gasteiger partial charge in [0.05, 0.1) is 12.2 Å². The second-order valence-corrected chi connectivity index (χ2v) is 5.27. The van der Waals surface area contributed by atoms with Gasteiger partial charge < -0.3 is 15.9 Å². The molecular weight excluding hydrogens is 202 g/mol. The lowest BCUT2D eigenvalue weighted by Crippen LogP contribution is -2.38. The Hall–Kier alpha value is -0.120. The van der Waals surface area contributed by atoms with Gasteiger partial charge in [-0.05, 0) is 18.8 Å². The van der Waals surface area contributed by atoms with Gasteiger partial charge in [-0.15, -0.1) is 0 Å². The Kier molecular flexibility index (Phi) is 6.32. The average molecular weight is 229 g/mol. The minimum atomic E-state index is -0.545. The van der Waals surface area contributed by atoms with Gasteiger partial charge >= 0.3 is 0 Å². The maximum absolute atomic E-state index is 9.86. The van der Waals surface area contributed by atoms with Crippen LogP contribution in [0.4, 0.5) is 0 Å². The zero-order valence-corrected chi connectivity index (χ0v) is 10.4. The third-order valence-corrected chi connectivity index (χ3v) is 3.81. The van der Waals surface area contributed by atoms with E-state index in [1.54, 1.807) is 0 Å². The molecule has 0 unspecified atom stereocenters. The molecule has 0 aromatic carbocycles. The molecule has 0 spiro atoms. The van der Waals surface area contributed by atoms with Gasteiger partial charge in [0.2, 0.25) is 0 Å². The first-order valence-electron chi connectivity index (χ1n) is 6.75. The van der Waals surface area contributed by atoms with E-state index in [-0.39, 0.29) is 6.04 Å². The number of aliphatic hydroxyl groups is 2. The first-order valence-corrected chi connectivity index (χ1v) is 6.75. The monoisotopic (exact) mass is 229 g/mol. The van der Waals surface area contributed by atoms with Crippen molar-refractivity contribution in [3.8, 4) is 0 Å². The highest BCUT2D eigenvalue weighted by Crippen LogP contribution is 2.27. The Morgan fingerprint density at radius 3 is 2.38 bits per heavy atom. The topological polar surface area (TPSA) is 66.5 Å². The molecule has 0 heterocycles. The third-order valence-electron chi connectivity index (χ3n) is 3.81. The van der Waals surface area contributed by atoms with E-state index in [1.807, 2.05) is 6.92 Å². The Morgan fingerprint density at radius 2 is 1.81 bits per heavy atom. The molecule has 0 aromatic rings. The van der Waals surface area contributed by atoms with E-state index in [1.165, 1.54) is 32.1 Å². The summed E-state index contributed by atoms with van der Waals surface area (Å²) in [7, 11) is 0. The van der Waals surface area contributed by atoms with Crippen molar-refractivity contribution in [1.82, 2.24) is 0 Å². The highest BCUT2D eigenvalue weighted by Gasteiger charge is 2.22. The summed E-state index contributed by atoms with van der Waals surface area (Å²) in [6.07, 6.45) is 7.56. The molecule has 0 radical (unpaired) electrons. The van der Waals surface area contributed by atoms with Crippen LogP contribution < -0.4 is 5.73 Å². The minimum absolute atomic E-state index is 0.163. The molecule has 1 aliphatic carbocycles. The average Bonchev–Trinajstić information content (AvgIpc) is 2.30. The maximum atomic E-state index is 9.86. The van der Waals surface area contributed by atoms with Crippen molar-refractivity contribution >= 4 is 0 Å². The van der Waals surface area contributed by atoms with Crippen LogP contribution in [0.3, 0.4) is 0 Å². The van der Waals surface area contributed by atoms with E-state index in [0.717, 1.165) is 6.42 Å². The van der Waals surface area contributed by atoms with Gasteiger partial charge in [0.25, 0.3) is 0 Å². The fourth-order valence-corrected chi connectivity index (χ4v) is 2.59. The zero-order valence-electron chi connectivity index (χ0n) is 10.4. The molecule has 0 aromatic heterocycles. The summed E-state index contributed by atoms with van der Waals surface area (Å²) in [5.41, 5.74) is 5.99. The fourth-order valence-electron chi connectivity index (χ4n) is 2.59. The van der Waals surface area contributed by atoms with Crippen molar-refractivity contribution in [2.24, 2.45) is 11.7 Å². The lowest BCUT2D eigenvalue weighted by atomic mass is 9.83. The smallest absolute Gasteiger partial charge is 0.0715 e. The minimum Gasteiger partial charge on any atom is -0.393 e. The van der Waals surface area contributed by atoms with E-state index in [2.05, 4.69) is 0 Å². The first kappa shape index (κ1) is 13.9. The summed E-state index contributed by atoms with van der Waals surface area (Å²) in [4.78, 5) is 0. The number of nitrogens with two attached hydrogens (primary N) is 1. The van der Waals surface area contributed by atoms with E-state index in [4.69, 9.17) is 5.73 Å².